The predicted octanol–water partition coefficient (Wildman–Crippen LogP) is 2.59. The highest BCUT2D eigenvalue weighted by molar-refractivity contribution is 7.10. The number of benzene rings is 1. The molecule has 1 heterocycles. The van der Waals surface area contributed by atoms with E-state index in [1.807, 2.05) is 41.8 Å². The highest BCUT2D eigenvalue weighted by Gasteiger charge is 2.28. The minimum atomic E-state index is -0.525. The van der Waals surface area contributed by atoms with Crippen LogP contribution in [0.3, 0.4) is 0 Å². The fourth-order valence-electron chi connectivity index (χ4n) is 2.04. The zero-order valence-corrected chi connectivity index (χ0v) is 10.6. The molecule has 1 atom stereocenters. The first-order valence-corrected chi connectivity index (χ1v) is 6.71. The summed E-state index contributed by atoms with van der Waals surface area (Å²) in [7, 11) is 0. The number of aliphatic hydroxyl groups excluding tert-OH is 1. The van der Waals surface area contributed by atoms with Gasteiger partial charge in [-0.2, -0.15) is 0 Å². The molecule has 1 aliphatic carbocycles. The maximum atomic E-state index is 9.89. The summed E-state index contributed by atoms with van der Waals surface area (Å²) in [5.41, 5.74) is 2.75. The van der Waals surface area contributed by atoms with Crippen LogP contribution in [0.4, 0.5) is 0 Å². The van der Waals surface area contributed by atoms with E-state index >= 15 is 0 Å². The molecule has 0 saturated heterocycles. The van der Waals surface area contributed by atoms with Crippen LogP contribution < -0.4 is 0 Å². The van der Waals surface area contributed by atoms with E-state index in [-0.39, 0.29) is 0 Å². The van der Waals surface area contributed by atoms with Crippen molar-refractivity contribution in [1.82, 2.24) is 0 Å². The Balaban J connectivity index is 1.70. The smallest absolute Gasteiger partial charge is 0.142 e. The molecule has 3 nitrogen and oxygen atoms in total. The molecule has 1 N–H and O–H groups in total. The average molecular weight is 259 g/mol. The van der Waals surface area contributed by atoms with E-state index in [4.69, 9.17) is 4.84 Å². The largest absolute Gasteiger partial charge is 0.391 e. The Morgan fingerprint density at radius 3 is 2.94 bits per heavy atom. The Labute approximate surface area is 109 Å². The van der Waals surface area contributed by atoms with Crippen molar-refractivity contribution in [3.63, 3.8) is 0 Å². The molecule has 4 heteroatoms. The van der Waals surface area contributed by atoms with Crippen molar-refractivity contribution < 1.29 is 9.94 Å². The normalized spacial score (nSPS) is 20.1. The summed E-state index contributed by atoms with van der Waals surface area (Å²) < 4.78 is 0. The molecule has 0 aliphatic heterocycles. The van der Waals surface area contributed by atoms with Gasteiger partial charge in [0.2, 0.25) is 0 Å². The molecule has 0 radical (unpaired) electrons. The Kier molecular flexibility index (Phi) is 3.13. The fourth-order valence-corrected chi connectivity index (χ4v) is 2.96. The zero-order valence-electron chi connectivity index (χ0n) is 9.74. The second-order valence-electron chi connectivity index (χ2n) is 4.21. The van der Waals surface area contributed by atoms with Crippen molar-refractivity contribution in [2.45, 2.75) is 19.1 Å². The third-order valence-corrected chi connectivity index (χ3v) is 3.90. The number of hydrogen-bond donors (Lipinski definition) is 1. The molecule has 1 unspecified atom stereocenters. The molecule has 1 aliphatic rings. The molecular weight excluding hydrogens is 246 g/mol. The van der Waals surface area contributed by atoms with Crippen LogP contribution >= 0.6 is 11.3 Å². The molecule has 0 saturated carbocycles. The van der Waals surface area contributed by atoms with Gasteiger partial charge in [-0.25, -0.2) is 0 Å². The van der Waals surface area contributed by atoms with Crippen molar-refractivity contribution >= 4 is 17.0 Å². The van der Waals surface area contributed by atoms with Crippen LogP contribution in [-0.2, 0) is 17.9 Å². The lowest BCUT2D eigenvalue weighted by Gasteiger charge is -2.04. The lowest BCUT2D eigenvalue weighted by atomic mass is 10.2. The summed E-state index contributed by atoms with van der Waals surface area (Å²) >= 11 is 1.65. The van der Waals surface area contributed by atoms with Crippen LogP contribution in [0.1, 0.15) is 16.0 Å². The third-order valence-electron chi connectivity index (χ3n) is 2.95. The van der Waals surface area contributed by atoms with E-state index in [2.05, 4.69) is 5.16 Å². The Bertz CT molecular complexity index is 562. The van der Waals surface area contributed by atoms with E-state index in [1.165, 1.54) is 4.88 Å². The summed E-state index contributed by atoms with van der Waals surface area (Å²) in [5.74, 6) is 0. The molecular formula is C14H13NO2S. The molecule has 0 bridgehead atoms. The fraction of sp³-hybridized carbons (Fsp3) is 0.214. The van der Waals surface area contributed by atoms with E-state index in [9.17, 15) is 5.11 Å². The number of nitrogens with zero attached hydrogens (tertiary/aromatic N) is 1. The monoisotopic (exact) mass is 259 g/mol. The quantitative estimate of drug-likeness (QED) is 0.861. The van der Waals surface area contributed by atoms with Gasteiger partial charge in [0.25, 0.3) is 0 Å². The van der Waals surface area contributed by atoms with Crippen LogP contribution in [0.2, 0.25) is 0 Å². The van der Waals surface area contributed by atoms with Gasteiger partial charge in [0.1, 0.15) is 18.4 Å². The van der Waals surface area contributed by atoms with E-state index < -0.39 is 6.10 Å². The average Bonchev–Trinajstić information content (AvgIpc) is 2.93. The van der Waals surface area contributed by atoms with Crippen LogP contribution in [0, 0.1) is 0 Å². The van der Waals surface area contributed by atoms with Crippen molar-refractivity contribution in [3.05, 3.63) is 57.8 Å². The standard InChI is InChI=1S/C14H13NO2S/c16-12-8-13-11(6-7-18-13)14(12)15-17-9-10-4-2-1-3-5-10/h1-7,12,16H,8-9H2/b15-14-. The topological polar surface area (TPSA) is 41.8 Å². The second kappa shape index (κ2) is 4.92. The summed E-state index contributed by atoms with van der Waals surface area (Å²) in [4.78, 5) is 6.52. The van der Waals surface area contributed by atoms with Gasteiger partial charge in [-0.05, 0) is 17.0 Å². The summed E-state index contributed by atoms with van der Waals surface area (Å²) in [6.45, 7) is 0.427. The van der Waals surface area contributed by atoms with Gasteiger partial charge in [0, 0.05) is 16.9 Å². The van der Waals surface area contributed by atoms with Crippen molar-refractivity contribution in [1.29, 1.82) is 0 Å². The lowest BCUT2D eigenvalue weighted by Crippen LogP contribution is -2.16. The van der Waals surface area contributed by atoms with Gasteiger partial charge in [-0.1, -0.05) is 35.5 Å². The van der Waals surface area contributed by atoms with Gasteiger partial charge >= 0.3 is 0 Å². The number of hydrogen-bond acceptors (Lipinski definition) is 4. The maximum Gasteiger partial charge on any atom is 0.142 e. The highest BCUT2D eigenvalue weighted by Crippen LogP contribution is 2.28. The van der Waals surface area contributed by atoms with Crippen molar-refractivity contribution in [3.8, 4) is 0 Å². The van der Waals surface area contributed by atoms with Gasteiger partial charge in [-0.3, -0.25) is 0 Å². The third kappa shape index (κ3) is 2.17. The zero-order chi connectivity index (χ0) is 12.4. The van der Waals surface area contributed by atoms with Crippen molar-refractivity contribution in [2.24, 2.45) is 5.16 Å². The molecule has 2 aromatic rings. The Morgan fingerprint density at radius 1 is 1.28 bits per heavy atom. The number of thiophene rings is 1. The summed E-state index contributed by atoms with van der Waals surface area (Å²) in [6, 6.07) is 11.9. The lowest BCUT2D eigenvalue weighted by molar-refractivity contribution is 0.125. The van der Waals surface area contributed by atoms with Gasteiger partial charge in [0.05, 0.1) is 0 Å². The first-order valence-electron chi connectivity index (χ1n) is 5.83. The molecule has 0 amide bonds. The van der Waals surface area contributed by atoms with Crippen LogP contribution in [0.15, 0.2) is 46.9 Å². The van der Waals surface area contributed by atoms with E-state index in [0.29, 0.717) is 18.7 Å². The number of rotatable bonds is 3. The van der Waals surface area contributed by atoms with Gasteiger partial charge in [0.15, 0.2) is 0 Å². The predicted molar refractivity (Wildman–Crippen MR) is 71.8 cm³/mol. The van der Waals surface area contributed by atoms with Gasteiger partial charge < -0.3 is 9.94 Å². The second-order valence-corrected chi connectivity index (χ2v) is 5.21. The number of fused-ring (bicyclic) bond motifs is 1. The first kappa shape index (κ1) is 11.4. The van der Waals surface area contributed by atoms with Crippen molar-refractivity contribution in [2.75, 3.05) is 0 Å². The Hall–Kier alpha value is -1.65. The molecule has 1 aromatic heterocycles. The minimum absolute atomic E-state index is 0.427. The first-order chi connectivity index (χ1) is 8.84. The molecule has 92 valence electrons. The molecule has 18 heavy (non-hydrogen) atoms. The Morgan fingerprint density at radius 2 is 2.11 bits per heavy atom. The van der Waals surface area contributed by atoms with Gasteiger partial charge in [-0.15, -0.1) is 11.3 Å². The minimum Gasteiger partial charge on any atom is -0.391 e. The number of aliphatic hydroxyl groups is 1. The maximum absolute atomic E-state index is 9.89. The van der Waals surface area contributed by atoms with E-state index in [1.54, 1.807) is 11.3 Å². The van der Waals surface area contributed by atoms with Crippen LogP contribution in [0.25, 0.3) is 0 Å². The molecule has 0 fully saturated rings. The summed E-state index contributed by atoms with van der Waals surface area (Å²) in [5, 5.41) is 16.0. The van der Waals surface area contributed by atoms with Crippen LogP contribution in [0.5, 0.6) is 0 Å². The van der Waals surface area contributed by atoms with Crippen LogP contribution in [-0.4, -0.2) is 16.9 Å². The number of oxime groups is 1. The van der Waals surface area contributed by atoms with E-state index in [0.717, 1.165) is 11.1 Å². The highest BCUT2D eigenvalue weighted by atomic mass is 32.1. The molecule has 3 rings (SSSR count). The molecule has 1 aromatic carbocycles. The molecule has 0 spiro atoms. The summed E-state index contributed by atoms with van der Waals surface area (Å²) in [6.07, 6.45) is 0.129. The SMILES string of the molecule is OC1Cc2sccc2/C1=N/OCc1ccccc1.